The highest BCUT2D eigenvalue weighted by Crippen LogP contribution is 2.07. The number of guanidine groups is 1. The van der Waals surface area contributed by atoms with Crippen LogP contribution in [0.25, 0.3) is 0 Å². The largest absolute Gasteiger partial charge is 0.379 e. The minimum absolute atomic E-state index is 0.107. The Hall–Kier alpha value is -1.34. The van der Waals surface area contributed by atoms with Crippen LogP contribution in [-0.4, -0.2) is 76.4 Å². The van der Waals surface area contributed by atoms with Crippen molar-refractivity contribution in [3.63, 3.8) is 0 Å². The van der Waals surface area contributed by atoms with Gasteiger partial charge in [-0.15, -0.1) is 0 Å². The van der Waals surface area contributed by atoms with E-state index in [4.69, 9.17) is 9.47 Å². The summed E-state index contributed by atoms with van der Waals surface area (Å²) in [4.78, 5) is 17.6. The first kappa shape index (κ1) is 18.7. The average molecular weight is 314 g/mol. The van der Waals surface area contributed by atoms with Crippen molar-refractivity contribution in [3.05, 3.63) is 0 Å². The Morgan fingerprint density at radius 3 is 2.86 bits per heavy atom. The number of nitrogens with one attached hydrogen (secondary N) is 2. The quantitative estimate of drug-likeness (QED) is 0.362. The maximum absolute atomic E-state index is 11.5. The van der Waals surface area contributed by atoms with Crippen molar-refractivity contribution in [2.75, 3.05) is 53.6 Å². The molecule has 1 heterocycles. The standard InChI is InChI=1S/C15H30N4O3/c1-4-16-15(18-9-6-14(20)19(2)3)17-8-5-10-22-13-7-11-21-12-13/h13H,4-12H2,1-3H3,(H2,16,17,18). The van der Waals surface area contributed by atoms with Crippen LogP contribution < -0.4 is 10.6 Å². The van der Waals surface area contributed by atoms with Crippen molar-refractivity contribution < 1.29 is 14.3 Å². The monoisotopic (exact) mass is 314 g/mol. The topological polar surface area (TPSA) is 75.2 Å². The second kappa shape index (κ2) is 11.3. The number of ether oxygens (including phenoxy) is 2. The fourth-order valence-electron chi connectivity index (χ4n) is 2.00. The average Bonchev–Trinajstić information content (AvgIpc) is 2.99. The SMILES string of the molecule is CCNC(=NCCCOC1CCOC1)NCCC(=O)N(C)C. The minimum Gasteiger partial charge on any atom is -0.379 e. The summed E-state index contributed by atoms with van der Waals surface area (Å²) < 4.78 is 11.0. The highest BCUT2D eigenvalue weighted by Gasteiger charge is 2.15. The van der Waals surface area contributed by atoms with Crippen LogP contribution in [0.5, 0.6) is 0 Å². The summed E-state index contributed by atoms with van der Waals surface area (Å²) in [5.41, 5.74) is 0. The molecular formula is C15H30N4O3. The second-order valence-corrected chi connectivity index (χ2v) is 5.44. The summed E-state index contributed by atoms with van der Waals surface area (Å²) in [5, 5.41) is 6.34. The Bertz CT molecular complexity index is 342. The summed E-state index contributed by atoms with van der Waals surface area (Å²) >= 11 is 0. The van der Waals surface area contributed by atoms with E-state index in [1.165, 1.54) is 0 Å². The Labute approximate surface area is 133 Å². The molecule has 1 amide bonds. The Morgan fingerprint density at radius 1 is 1.41 bits per heavy atom. The highest BCUT2D eigenvalue weighted by molar-refractivity contribution is 5.81. The van der Waals surface area contributed by atoms with E-state index >= 15 is 0 Å². The summed E-state index contributed by atoms with van der Waals surface area (Å²) in [6.07, 6.45) is 2.59. The zero-order valence-electron chi connectivity index (χ0n) is 14.1. The predicted octanol–water partition coefficient (Wildman–Crippen LogP) is 0.215. The first-order valence-electron chi connectivity index (χ1n) is 8.05. The summed E-state index contributed by atoms with van der Waals surface area (Å²) in [6, 6.07) is 0. The van der Waals surface area contributed by atoms with Gasteiger partial charge in [-0.3, -0.25) is 9.79 Å². The molecule has 0 radical (unpaired) electrons. The number of nitrogens with zero attached hydrogens (tertiary/aromatic N) is 2. The molecule has 0 spiro atoms. The number of carbonyl (C=O) groups excluding carboxylic acids is 1. The van der Waals surface area contributed by atoms with Gasteiger partial charge in [0.1, 0.15) is 0 Å². The number of aliphatic imine (C=N–C) groups is 1. The van der Waals surface area contributed by atoms with Crippen LogP contribution in [0.15, 0.2) is 4.99 Å². The molecule has 7 nitrogen and oxygen atoms in total. The fraction of sp³-hybridized carbons (Fsp3) is 0.867. The Kier molecular flexibility index (Phi) is 9.57. The van der Waals surface area contributed by atoms with Gasteiger partial charge < -0.3 is 25.0 Å². The van der Waals surface area contributed by atoms with Gasteiger partial charge in [0.25, 0.3) is 0 Å². The molecule has 0 aromatic carbocycles. The van der Waals surface area contributed by atoms with Crippen molar-refractivity contribution in [2.45, 2.75) is 32.3 Å². The molecule has 2 N–H and O–H groups in total. The molecule has 22 heavy (non-hydrogen) atoms. The van der Waals surface area contributed by atoms with Crippen molar-refractivity contribution in [1.29, 1.82) is 0 Å². The molecule has 7 heteroatoms. The van der Waals surface area contributed by atoms with E-state index in [1.807, 2.05) is 6.92 Å². The summed E-state index contributed by atoms with van der Waals surface area (Å²) in [5.74, 6) is 0.855. The molecule has 1 aliphatic heterocycles. The lowest BCUT2D eigenvalue weighted by Crippen LogP contribution is -2.39. The van der Waals surface area contributed by atoms with E-state index in [9.17, 15) is 4.79 Å². The van der Waals surface area contributed by atoms with E-state index in [0.29, 0.717) is 32.7 Å². The molecule has 1 aliphatic rings. The zero-order valence-corrected chi connectivity index (χ0v) is 14.1. The van der Waals surface area contributed by atoms with Crippen LogP contribution in [-0.2, 0) is 14.3 Å². The lowest BCUT2D eigenvalue weighted by Gasteiger charge is -2.13. The van der Waals surface area contributed by atoms with Crippen LogP contribution in [0, 0.1) is 0 Å². The Morgan fingerprint density at radius 2 is 2.23 bits per heavy atom. The van der Waals surface area contributed by atoms with E-state index in [-0.39, 0.29) is 12.0 Å². The number of hydrogen-bond acceptors (Lipinski definition) is 4. The molecule has 0 bridgehead atoms. The van der Waals surface area contributed by atoms with Gasteiger partial charge in [0.05, 0.1) is 12.7 Å². The van der Waals surface area contributed by atoms with E-state index in [2.05, 4.69) is 15.6 Å². The lowest BCUT2D eigenvalue weighted by atomic mass is 10.3. The molecule has 1 saturated heterocycles. The van der Waals surface area contributed by atoms with Crippen LogP contribution in [0.4, 0.5) is 0 Å². The van der Waals surface area contributed by atoms with E-state index in [1.54, 1.807) is 19.0 Å². The van der Waals surface area contributed by atoms with Gasteiger partial charge in [0.15, 0.2) is 5.96 Å². The molecule has 0 aliphatic carbocycles. The number of hydrogen-bond donors (Lipinski definition) is 2. The van der Waals surface area contributed by atoms with Crippen molar-refractivity contribution in [1.82, 2.24) is 15.5 Å². The molecule has 1 fully saturated rings. The van der Waals surface area contributed by atoms with Gasteiger partial charge in [-0.25, -0.2) is 0 Å². The van der Waals surface area contributed by atoms with Crippen LogP contribution in [0.1, 0.15) is 26.2 Å². The maximum Gasteiger partial charge on any atom is 0.223 e. The molecule has 1 unspecified atom stereocenters. The third-order valence-corrected chi connectivity index (χ3v) is 3.29. The molecule has 0 aromatic heterocycles. The third-order valence-electron chi connectivity index (χ3n) is 3.29. The first-order valence-corrected chi connectivity index (χ1v) is 8.05. The van der Waals surface area contributed by atoms with Crippen LogP contribution in [0.2, 0.25) is 0 Å². The van der Waals surface area contributed by atoms with Gasteiger partial charge in [-0.2, -0.15) is 0 Å². The molecule has 1 atom stereocenters. The first-order chi connectivity index (χ1) is 10.6. The van der Waals surface area contributed by atoms with Crippen molar-refractivity contribution in [2.24, 2.45) is 4.99 Å². The lowest BCUT2D eigenvalue weighted by molar-refractivity contribution is -0.128. The highest BCUT2D eigenvalue weighted by atomic mass is 16.5. The molecule has 0 saturated carbocycles. The van der Waals surface area contributed by atoms with E-state index in [0.717, 1.165) is 32.0 Å². The molecule has 1 rings (SSSR count). The van der Waals surface area contributed by atoms with Crippen molar-refractivity contribution >= 4 is 11.9 Å². The number of carbonyl (C=O) groups is 1. The molecule has 128 valence electrons. The van der Waals surface area contributed by atoms with Crippen LogP contribution in [0.3, 0.4) is 0 Å². The normalized spacial score (nSPS) is 18.3. The van der Waals surface area contributed by atoms with Gasteiger partial charge in [0.2, 0.25) is 5.91 Å². The van der Waals surface area contributed by atoms with Crippen molar-refractivity contribution in [3.8, 4) is 0 Å². The zero-order chi connectivity index (χ0) is 16.2. The fourth-order valence-corrected chi connectivity index (χ4v) is 2.00. The van der Waals surface area contributed by atoms with Gasteiger partial charge in [0, 0.05) is 53.4 Å². The summed E-state index contributed by atoms with van der Waals surface area (Å²) in [7, 11) is 3.52. The number of rotatable bonds is 9. The second-order valence-electron chi connectivity index (χ2n) is 5.44. The van der Waals surface area contributed by atoms with Gasteiger partial charge >= 0.3 is 0 Å². The third kappa shape index (κ3) is 8.19. The van der Waals surface area contributed by atoms with Gasteiger partial charge in [-0.05, 0) is 19.8 Å². The van der Waals surface area contributed by atoms with Crippen LogP contribution >= 0.6 is 0 Å². The smallest absolute Gasteiger partial charge is 0.223 e. The Balaban J connectivity index is 2.15. The van der Waals surface area contributed by atoms with Gasteiger partial charge in [-0.1, -0.05) is 0 Å². The van der Waals surface area contributed by atoms with E-state index < -0.39 is 0 Å². The molecular weight excluding hydrogens is 284 g/mol. The maximum atomic E-state index is 11.5. The predicted molar refractivity (Wildman–Crippen MR) is 87.1 cm³/mol. The molecule has 0 aromatic rings. The minimum atomic E-state index is 0.107. The summed E-state index contributed by atoms with van der Waals surface area (Å²) in [6.45, 7) is 6.32. The number of amides is 1.